The largest absolute Gasteiger partial charge is 0.379 e. The van der Waals surface area contributed by atoms with E-state index in [1.54, 1.807) is 0 Å². The zero-order valence-electron chi connectivity index (χ0n) is 16.2. The number of rotatable bonds is 5. The van der Waals surface area contributed by atoms with Gasteiger partial charge in [0.15, 0.2) is 0 Å². The summed E-state index contributed by atoms with van der Waals surface area (Å²) in [6.45, 7) is 12.4. The molecule has 1 aromatic carbocycles. The average molecular weight is 355 g/mol. The van der Waals surface area contributed by atoms with Crippen LogP contribution in [-0.4, -0.2) is 54.7 Å². The summed E-state index contributed by atoms with van der Waals surface area (Å²) in [5.74, 6) is 0.420. The minimum absolute atomic E-state index is 0.0450. The van der Waals surface area contributed by atoms with E-state index in [2.05, 4.69) is 42.0 Å². The number of carbonyl (C=O) groups excluding carboxylic acids is 1. The van der Waals surface area contributed by atoms with Crippen LogP contribution in [-0.2, 0) is 4.74 Å². The van der Waals surface area contributed by atoms with Crippen molar-refractivity contribution >= 4 is 16.8 Å². The number of fused-ring (bicyclic) bond motifs is 1. The first-order valence-corrected chi connectivity index (χ1v) is 9.43. The Morgan fingerprint density at radius 2 is 1.96 bits per heavy atom. The van der Waals surface area contributed by atoms with E-state index in [1.807, 2.05) is 25.1 Å². The van der Waals surface area contributed by atoms with E-state index >= 15 is 0 Å². The Bertz CT molecular complexity index is 782. The minimum atomic E-state index is -0.0450. The number of benzene rings is 1. The third kappa shape index (κ3) is 4.22. The molecular formula is C21H29N3O2. The molecule has 3 rings (SSSR count). The van der Waals surface area contributed by atoms with E-state index < -0.39 is 0 Å². The van der Waals surface area contributed by atoms with E-state index in [9.17, 15) is 4.79 Å². The summed E-state index contributed by atoms with van der Waals surface area (Å²) in [6, 6.07) is 8.40. The van der Waals surface area contributed by atoms with Crippen LogP contribution in [0.5, 0.6) is 0 Å². The number of ether oxygens (including phenoxy) is 1. The highest BCUT2D eigenvalue weighted by Gasteiger charge is 2.24. The van der Waals surface area contributed by atoms with E-state index in [0.717, 1.165) is 42.9 Å². The molecule has 1 aliphatic heterocycles. The summed E-state index contributed by atoms with van der Waals surface area (Å²) in [4.78, 5) is 19.8. The van der Waals surface area contributed by atoms with Crippen molar-refractivity contribution in [1.29, 1.82) is 0 Å². The Balaban J connectivity index is 1.73. The first-order chi connectivity index (χ1) is 12.5. The quantitative estimate of drug-likeness (QED) is 0.896. The molecule has 0 spiro atoms. The van der Waals surface area contributed by atoms with Crippen LogP contribution in [0.3, 0.4) is 0 Å². The normalized spacial score (nSPS) is 16.8. The molecule has 2 aromatic rings. The number of hydrogen-bond acceptors (Lipinski definition) is 4. The highest BCUT2D eigenvalue weighted by molar-refractivity contribution is 5.98. The van der Waals surface area contributed by atoms with Gasteiger partial charge in [-0.15, -0.1) is 0 Å². The maximum absolute atomic E-state index is 12.8. The Kier molecular flexibility index (Phi) is 5.89. The lowest BCUT2D eigenvalue weighted by Gasteiger charge is -2.36. The van der Waals surface area contributed by atoms with E-state index in [4.69, 9.17) is 4.74 Å². The van der Waals surface area contributed by atoms with Crippen molar-refractivity contribution in [2.45, 2.75) is 33.7 Å². The van der Waals surface area contributed by atoms with Crippen molar-refractivity contribution in [3.63, 3.8) is 0 Å². The van der Waals surface area contributed by atoms with Crippen LogP contribution in [0, 0.1) is 19.8 Å². The molecule has 1 saturated heterocycles. The van der Waals surface area contributed by atoms with Crippen LogP contribution in [0.2, 0.25) is 0 Å². The Morgan fingerprint density at radius 3 is 2.65 bits per heavy atom. The molecule has 0 saturated carbocycles. The zero-order valence-corrected chi connectivity index (χ0v) is 16.2. The van der Waals surface area contributed by atoms with Gasteiger partial charge in [0, 0.05) is 31.1 Å². The number of nitrogens with zero attached hydrogens (tertiary/aromatic N) is 2. The Labute approximate surface area is 155 Å². The minimum Gasteiger partial charge on any atom is -0.379 e. The topological polar surface area (TPSA) is 54.5 Å². The molecule has 1 N–H and O–H groups in total. The molecule has 1 amide bonds. The molecule has 140 valence electrons. The molecule has 0 bridgehead atoms. The lowest BCUT2D eigenvalue weighted by molar-refractivity contribution is 0.00672. The fraction of sp³-hybridized carbons (Fsp3) is 0.524. The summed E-state index contributed by atoms with van der Waals surface area (Å²) in [7, 11) is 0. The second-order valence-electron chi connectivity index (χ2n) is 7.49. The van der Waals surface area contributed by atoms with Gasteiger partial charge in [-0.05, 0) is 37.5 Å². The third-order valence-electron chi connectivity index (χ3n) is 5.16. The van der Waals surface area contributed by atoms with Gasteiger partial charge in [-0.25, -0.2) is 0 Å². The molecule has 26 heavy (non-hydrogen) atoms. The molecular weight excluding hydrogens is 326 g/mol. The molecule has 2 heterocycles. The standard InChI is InChI=1S/C21H29N3O2/c1-14(2)20(24-7-9-26-10-8-24)13-22-21(25)18-12-17-6-5-15(3)11-19(17)23-16(18)4/h5-6,11-12,14,20H,7-10,13H2,1-4H3,(H,22,25). The van der Waals surface area contributed by atoms with Gasteiger partial charge in [-0.2, -0.15) is 0 Å². The van der Waals surface area contributed by atoms with Crippen molar-refractivity contribution < 1.29 is 9.53 Å². The fourth-order valence-corrected chi connectivity index (χ4v) is 3.59. The lowest BCUT2D eigenvalue weighted by Crippen LogP contribution is -2.51. The number of nitrogens with one attached hydrogen (secondary N) is 1. The van der Waals surface area contributed by atoms with Gasteiger partial charge in [-0.3, -0.25) is 14.7 Å². The molecule has 5 heteroatoms. The summed E-state index contributed by atoms with van der Waals surface area (Å²) in [6.07, 6.45) is 0. The van der Waals surface area contributed by atoms with Gasteiger partial charge in [0.25, 0.3) is 5.91 Å². The van der Waals surface area contributed by atoms with Crippen LogP contribution >= 0.6 is 0 Å². The van der Waals surface area contributed by atoms with Crippen LogP contribution in [0.1, 0.15) is 35.5 Å². The fourth-order valence-electron chi connectivity index (χ4n) is 3.59. The molecule has 5 nitrogen and oxygen atoms in total. The van der Waals surface area contributed by atoms with Crippen molar-refractivity contribution in [1.82, 2.24) is 15.2 Å². The van der Waals surface area contributed by atoms with E-state index in [1.165, 1.54) is 5.56 Å². The second kappa shape index (κ2) is 8.14. The molecule has 1 atom stereocenters. The highest BCUT2D eigenvalue weighted by Crippen LogP contribution is 2.18. The molecule has 1 unspecified atom stereocenters. The number of morpholine rings is 1. The van der Waals surface area contributed by atoms with Crippen LogP contribution in [0.25, 0.3) is 10.9 Å². The molecule has 1 aromatic heterocycles. The summed E-state index contributed by atoms with van der Waals surface area (Å²) < 4.78 is 5.45. The molecule has 0 radical (unpaired) electrons. The monoisotopic (exact) mass is 355 g/mol. The summed E-state index contributed by atoms with van der Waals surface area (Å²) in [5, 5.41) is 4.13. The number of hydrogen-bond donors (Lipinski definition) is 1. The van der Waals surface area contributed by atoms with Gasteiger partial charge < -0.3 is 10.1 Å². The number of pyridine rings is 1. The van der Waals surface area contributed by atoms with Gasteiger partial charge >= 0.3 is 0 Å². The third-order valence-corrected chi connectivity index (χ3v) is 5.16. The Hall–Kier alpha value is -1.98. The predicted molar refractivity (Wildman–Crippen MR) is 105 cm³/mol. The van der Waals surface area contributed by atoms with E-state index in [0.29, 0.717) is 24.1 Å². The van der Waals surface area contributed by atoms with Crippen LogP contribution < -0.4 is 5.32 Å². The molecule has 0 aliphatic carbocycles. The molecule has 1 aliphatic rings. The first-order valence-electron chi connectivity index (χ1n) is 9.43. The van der Waals surface area contributed by atoms with Crippen molar-refractivity contribution in [3.05, 3.63) is 41.1 Å². The number of aromatic nitrogens is 1. The number of carbonyl (C=O) groups is 1. The second-order valence-corrected chi connectivity index (χ2v) is 7.49. The Morgan fingerprint density at radius 1 is 1.23 bits per heavy atom. The first kappa shape index (κ1) is 18.8. The van der Waals surface area contributed by atoms with Gasteiger partial charge in [0.1, 0.15) is 0 Å². The zero-order chi connectivity index (χ0) is 18.7. The SMILES string of the molecule is Cc1ccc2cc(C(=O)NCC(C(C)C)N3CCOCC3)c(C)nc2c1. The number of aryl methyl sites for hydroxylation is 2. The molecule has 1 fully saturated rings. The summed E-state index contributed by atoms with van der Waals surface area (Å²) in [5.41, 5.74) is 3.54. The average Bonchev–Trinajstić information content (AvgIpc) is 2.61. The van der Waals surface area contributed by atoms with Crippen LogP contribution in [0.15, 0.2) is 24.3 Å². The number of amides is 1. The van der Waals surface area contributed by atoms with Crippen LogP contribution in [0.4, 0.5) is 0 Å². The van der Waals surface area contributed by atoms with Gasteiger partial charge in [0.2, 0.25) is 0 Å². The van der Waals surface area contributed by atoms with Gasteiger partial charge in [0.05, 0.1) is 30.0 Å². The van der Waals surface area contributed by atoms with Crippen molar-refractivity contribution in [2.24, 2.45) is 5.92 Å². The maximum atomic E-state index is 12.8. The smallest absolute Gasteiger partial charge is 0.253 e. The van der Waals surface area contributed by atoms with Crippen molar-refractivity contribution in [3.8, 4) is 0 Å². The predicted octanol–water partition coefficient (Wildman–Crippen LogP) is 2.94. The maximum Gasteiger partial charge on any atom is 0.253 e. The van der Waals surface area contributed by atoms with Gasteiger partial charge in [-0.1, -0.05) is 26.0 Å². The van der Waals surface area contributed by atoms with E-state index in [-0.39, 0.29) is 5.91 Å². The van der Waals surface area contributed by atoms with Crippen molar-refractivity contribution in [2.75, 3.05) is 32.8 Å². The lowest BCUT2D eigenvalue weighted by atomic mass is 10.0. The summed E-state index contributed by atoms with van der Waals surface area (Å²) >= 11 is 0. The highest BCUT2D eigenvalue weighted by atomic mass is 16.5.